The van der Waals surface area contributed by atoms with E-state index in [1.165, 1.54) is 11.1 Å². The SMILES string of the molecule is N.O=C(O)C(F)(F)F.c1ccc(CCc2ccccc2)cc1. The molecule has 0 spiro atoms. The van der Waals surface area contributed by atoms with Crippen molar-refractivity contribution in [2.75, 3.05) is 0 Å². The van der Waals surface area contributed by atoms with Crippen molar-refractivity contribution >= 4 is 5.97 Å². The van der Waals surface area contributed by atoms with E-state index in [-0.39, 0.29) is 6.15 Å². The summed E-state index contributed by atoms with van der Waals surface area (Å²) in [5.74, 6) is -2.76. The maximum atomic E-state index is 10.6. The number of alkyl halides is 3. The van der Waals surface area contributed by atoms with E-state index in [2.05, 4.69) is 60.7 Å². The molecule has 120 valence electrons. The Balaban J connectivity index is 0.000000478. The van der Waals surface area contributed by atoms with Crippen molar-refractivity contribution in [2.24, 2.45) is 0 Å². The molecule has 0 aliphatic carbocycles. The smallest absolute Gasteiger partial charge is 0.475 e. The molecule has 0 aromatic heterocycles. The van der Waals surface area contributed by atoms with Gasteiger partial charge in [-0.15, -0.1) is 0 Å². The molecule has 6 heteroatoms. The van der Waals surface area contributed by atoms with Crippen molar-refractivity contribution in [3.8, 4) is 0 Å². The molecule has 0 aliphatic rings. The highest BCUT2D eigenvalue weighted by Gasteiger charge is 2.38. The van der Waals surface area contributed by atoms with Crippen LogP contribution in [0, 0.1) is 0 Å². The molecule has 4 N–H and O–H groups in total. The second kappa shape index (κ2) is 9.57. The fraction of sp³-hybridized carbons (Fsp3) is 0.188. The van der Waals surface area contributed by atoms with Crippen LogP contribution in [0.1, 0.15) is 11.1 Å². The highest BCUT2D eigenvalue weighted by Crippen LogP contribution is 2.13. The number of hydrogen-bond donors (Lipinski definition) is 2. The van der Waals surface area contributed by atoms with E-state index in [0.29, 0.717) is 0 Å². The van der Waals surface area contributed by atoms with Gasteiger partial charge in [0.25, 0.3) is 0 Å². The average molecular weight is 313 g/mol. The summed E-state index contributed by atoms with van der Waals surface area (Å²) in [5, 5.41) is 7.12. The fourth-order valence-electron chi connectivity index (χ4n) is 1.58. The summed E-state index contributed by atoms with van der Waals surface area (Å²) in [4.78, 5) is 8.90. The maximum absolute atomic E-state index is 10.6. The van der Waals surface area contributed by atoms with Crippen LogP contribution < -0.4 is 6.15 Å². The zero-order valence-corrected chi connectivity index (χ0v) is 11.9. The standard InChI is InChI=1S/C14H14.C2HF3O2.H3N/c1-3-7-13(8-4-1)11-12-14-9-5-2-6-10-14;3-2(4,5)1(6)7;/h1-10H,11-12H2;(H,6,7);1H3. The highest BCUT2D eigenvalue weighted by atomic mass is 19.4. The summed E-state index contributed by atoms with van der Waals surface area (Å²) in [5.41, 5.74) is 2.83. The maximum Gasteiger partial charge on any atom is 0.490 e. The first-order valence-electron chi connectivity index (χ1n) is 6.27. The Morgan fingerprint density at radius 3 is 1.32 bits per heavy atom. The minimum atomic E-state index is -5.08. The van der Waals surface area contributed by atoms with Crippen molar-refractivity contribution in [3.05, 3.63) is 71.8 Å². The summed E-state index contributed by atoms with van der Waals surface area (Å²) in [7, 11) is 0. The molecule has 22 heavy (non-hydrogen) atoms. The lowest BCUT2D eigenvalue weighted by Crippen LogP contribution is -2.21. The minimum absolute atomic E-state index is 0. The Morgan fingerprint density at radius 2 is 1.09 bits per heavy atom. The zero-order valence-electron chi connectivity index (χ0n) is 11.9. The number of benzene rings is 2. The number of aryl methyl sites for hydroxylation is 2. The average Bonchev–Trinajstić information content (AvgIpc) is 2.47. The topological polar surface area (TPSA) is 72.3 Å². The molecule has 0 amide bonds. The van der Waals surface area contributed by atoms with Crippen LogP contribution in [0.4, 0.5) is 13.2 Å². The van der Waals surface area contributed by atoms with Crippen LogP contribution in [-0.4, -0.2) is 17.3 Å². The molecule has 3 nitrogen and oxygen atoms in total. The van der Waals surface area contributed by atoms with Gasteiger partial charge in [-0.1, -0.05) is 60.7 Å². The molecule has 0 unspecified atom stereocenters. The third-order valence-corrected chi connectivity index (χ3v) is 2.63. The van der Waals surface area contributed by atoms with Crippen molar-refractivity contribution in [2.45, 2.75) is 19.0 Å². The number of carboxylic acid groups (broad SMARTS) is 1. The van der Waals surface area contributed by atoms with Gasteiger partial charge in [0.2, 0.25) is 0 Å². The van der Waals surface area contributed by atoms with Gasteiger partial charge in [-0.3, -0.25) is 0 Å². The molecular formula is C16H18F3NO2. The van der Waals surface area contributed by atoms with E-state index in [4.69, 9.17) is 9.90 Å². The lowest BCUT2D eigenvalue weighted by atomic mass is 10.0. The van der Waals surface area contributed by atoms with Crippen molar-refractivity contribution in [3.63, 3.8) is 0 Å². The molecule has 2 aromatic rings. The monoisotopic (exact) mass is 313 g/mol. The molecule has 0 fully saturated rings. The van der Waals surface area contributed by atoms with E-state index in [1.807, 2.05) is 0 Å². The van der Waals surface area contributed by atoms with E-state index < -0.39 is 12.1 Å². The molecule has 0 heterocycles. The lowest BCUT2D eigenvalue weighted by Gasteiger charge is -2.01. The Kier molecular flexibility index (Phi) is 8.55. The van der Waals surface area contributed by atoms with Crippen molar-refractivity contribution < 1.29 is 23.1 Å². The predicted molar refractivity (Wildman–Crippen MR) is 79.0 cm³/mol. The van der Waals surface area contributed by atoms with Gasteiger partial charge in [0.1, 0.15) is 0 Å². The van der Waals surface area contributed by atoms with Crippen LogP contribution >= 0.6 is 0 Å². The quantitative estimate of drug-likeness (QED) is 0.889. The molecule has 0 aliphatic heterocycles. The van der Waals surface area contributed by atoms with Gasteiger partial charge in [0, 0.05) is 0 Å². The number of aliphatic carboxylic acids is 1. The van der Waals surface area contributed by atoms with Gasteiger partial charge in [-0.2, -0.15) is 13.2 Å². The second-order valence-corrected chi connectivity index (χ2v) is 4.27. The summed E-state index contributed by atoms with van der Waals surface area (Å²) in [6.07, 6.45) is -2.82. The molecule has 2 rings (SSSR count). The van der Waals surface area contributed by atoms with Crippen LogP contribution in [0.15, 0.2) is 60.7 Å². The number of hydrogen-bond acceptors (Lipinski definition) is 2. The number of halogens is 3. The van der Waals surface area contributed by atoms with E-state index in [0.717, 1.165) is 12.8 Å². The summed E-state index contributed by atoms with van der Waals surface area (Å²) in [6, 6.07) is 21.2. The predicted octanol–water partition coefficient (Wildman–Crippen LogP) is 4.27. The molecule has 2 aromatic carbocycles. The third-order valence-electron chi connectivity index (χ3n) is 2.63. The van der Waals surface area contributed by atoms with E-state index >= 15 is 0 Å². The Morgan fingerprint density at radius 1 is 0.818 bits per heavy atom. The van der Waals surface area contributed by atoms with Gasteiger partial charge in [-0.05, 0) is 24.0 Å². The largest absolute Gasteiger partial charge is 0.490 e. The molecule has 0 bridgehead atoms. The number of carbonyl (C=O) groups is 1. The zero-order chi connectivity index (χ0) is 15.7. The first-order valence-corrected chi connectivity index (χ1v) is 6.27. The molecule has 0 atom stereocenters. The van der Waals surface area contributed by atoms with E-state index in [1.54, 1.807) is 0 Å². The molecular weight excluding hydrogens is 295 g/mol. The van der Waals surface area contributed by atoms with Gasteiger partial charge in [-0.25, -0.2) is 4.79 Å². The second-order valence-electron chi connectivity index (χ2n) is 4.27. The summed E-state index contributed by atoms with van der Waals surface area (Å²) in [6.45, 7) is 0. The van der Waals surface area contributed by atoms with Crippen molar-refractivity contribution in [1.29, 1.82) is 0 Å². The number of rotatable bonds is 3. The molecule has 0 radical (unpaired) electrons. The fourth-order valence-corrected chi connectivity index (χ4v) is 1.58. The van der Waals surface area contributed by atoms with Gasteiger partial charge in [0.05, 0.1) is 0 Å². The third kappa shape index (κ3) is 8.06. The van der Waals surface area contributed by atoms with Crippen LogP contribution in [0.25, 0.3) is 0 Å². The molecule has 0 saturated carbocycles. The summed E-state index contributed by atoms with van der Waals surface area (Å²) >= 11 is 0. The Labute approximate surface area is 127 Å². The van der Waals surface area contributed by atoms with Gasteiger partial charge >= 0.3 is 12.1 Å². The van der Waals surface area contributed by atoms with Crippen molar-refractivity contribution in [1.82, 2.24) is 6.15 Å². The highest BCUT2D eigenvalue weighted by molar-refractivity contribution is 5.73. The lowest BCUT2D eigenvalue weighted by molar-refractivity contribution is -0.192. The minimum Gasteiger partial charge on any atom is -0.475 e. The van der Waals surface area contributed by atoms with Gasteiger partial charge in [0.15, 0.2) is 0 Å². The first kappa shape index (κ1) is 19.7. The van der Waals surface area contributed by atoms with Crippen LogP contribution in [0.2, 0.25) is 0 Å². The normalized spacial score (nSPS) is 9.95. The Bertz CT molecular complexity index is 503. The molecule has 0 saturated heterocycles. The number of carboxylic acids is 1. The summed E-state index contributed by atoms with van der Waals surface area (Å²) < 4.78 is 31.7. The first-order chi connectivity index (χ1) is 9.89. The van der Waals surface area contributed by atoms with Crippen LogP contribution in [0.3, 0.4) is 0 Å². The van der Waals surface area contributed by atoms with Crippen LogP contribution in [-0.2, 0) is 17.6 Å². The Hall–Kier alpha value is -2.34. The van der Waals surface area contributed by atoms with E-state index in [9.17, 15) is 13.2 Å². The van der Waals surface area contributed by atoms with Gasteiger partial charge < -0.3 is 11.3 Å². The van der Waals surface area contributed by atoms with Crippen LogP contribution in [0.5, 0.6) is 0 Å².